The van der Waals surface area contributed by atoms with Crippen LogP contribution in [0.25, 0.3) is 0 Å². The minimum absolute atomic E-state index is 0.0427. The first kappa shape index (κ1) is 14.3. The topological polar surface area (TPSA) is 71.5 Å². The SMILES string of the molecule is Cc1ccc(N2C(=O)[C@@H]3[C@@H](C2=O)[C@H]2CC(=O)[C@@H]3CC2=O)cc1C. The van der Waals surface area contributed by atoms with Gasteiger partial charge in [-0.05, 0) is 37.1 Å². The van der Waals surface area contributed by atoms with Gasteiger partial charge in [-0.2, -0.15) is 0 Å². The number of ketones is 2. The highest BCUT2D eigenvalue weighted by Gasteiger charge is 2.63. The number of nitrogens with zero attached hydrogens (tertiary/aromatic N) is 1. The van der Waals surface area contributed by atoms with E-state index in [1.165, 1.54) is 4.90 Å². The third-order valence-corrected chi connectivity index (χ3v) is 5.68. The molecule has 118 valence electrons. The number of imide groups is 1. The van der Waals surface area contributed by atoms with E-state index in [2.05, 4.69) is 0 Å². The number of fused-ring (bicyclic) bond motifs is 2. The monoisotopic (exact) mass is 311 g/mol. The van der Waals surface area contributed by atoms with Crippen molar-refractivity contribution in [3.8, 4) is 0 Å². The van der Waals surface area contributed by atoms with Crippen LogP contribution in [0.4, 0.5) is 5.69 Å². The number of benzene rings is 1. The van der Waals surface area contributed by atoms with Gasteiger partial charge in [-0.3, -0.25) is 24.1 Å². The Morgan fingerprint density at radius 2 is 1.35 bits per heavy atom. The van der Waals surface area contributed by atoms with E-state index in [0.717, 1.165) is 11.1 Å². The van der Waals surface area contributed by atoms with Gasteiger partial charge in [0.25, 0.3) is 0 Å². The fourth-order valence-corrected chi connectivity index (χ4v) is 4.30. The summed E-state index contributed by atoms with van der Waals surface area (Å²) in [6.07, 6.45) is 0.231. The van der Waals surface area contributed by atoms with Crippen LogP contribution < -0.4 is 4.90 Å². The van der Waals surface area contributed by atoms with Crippen molar-refractivity contribution in [1.29, 1.82) is 0 Å². The molecule has 5 heteroatoms. The summed E-state index contributed by atoms with van der Waals surface area (Å²) >= 11 is 0. The second-order valence-corrected chi connectivity index (χ2v) is 6.89. The van der Waals surface area contributed by atoms with Crippen LogP contribution in [0.15, 0.2) is 18.2 Å². The summed E-state index contributed by atoms with van der Waals surface area (Å²) in [5, 5.41) is 0. The predicted molar refractivity (Wildman–Crippen MR) is 81.6 cm³/mol. The highest BCUT2D eigenvalue weighted by atomic mass is 16.2. The van der Waals surface area contributed by atoms with Crippen LogP contribution in [0.5, 0.6) is 0 Å². The van der Waals surface area contributed by atoms with E-state index in [9.17, 15) is 19.2 Å². The number of hydrogen-bond acceptors (Lipinski definition) is 4. The fourth-order valence-electron chi connectivity index (χ4n) is 4.30. The molecule has 0 unspecified atom stereocenters. The van der Waals surface area contributed by atoms with Gasteiger partial charge in [0.05, 0.1) is 17.5 Å². The third kappa shape index (κ3) is 1.79. The van der Waals surface area contributed by atoms with E-state index < -0.39 is 23.7 Å². The molecule has 0 radical (unpaired) electrons. The third-order valence-electron chi connectivity index (χ3n) is 5.68. The van der Waals surface area contributed by atoms with Crippen LogP contribution in [0, 0.1) is 37.5 Å². The van der Waals surface area contributed by atoms with Crippen molar-refractivity contribution in [3.05, 3.63) is 29.3 Å². The molecule has 5 nitrogen and oxygen atoms in total. The molecule has 0 spiro atoms. The lowest BCUT2D eigenvalue weighted by Crippen LogP contribution is -2.51. The summed E-state index contributed by atoms with van der Waals surface area (Å²) < 4.78 is 0. The van der Waals surface area contributed by atoms with Gasteiger partial charge >= 0.3 is 0 Å². The number of anilines is 1. The lowest BCUT2D eigenvalue weighted by Gasteiger charge is -2.40. The molecule has 3 saturated carbocycles. The first-order chi connectivity index (χ1) is 10.9. The first-order valence-corrected chi connectivity index (χ1v) is 7.90. The molecule has 4 atom stereocenters. The zero-order chi connectivity index (χ0) is 16.5. The maximum Gasteiger partial charge on any atom is 0.238 e. The van der Waals surface area contributed by atoms with Gasteiger partial charge in [0, 0.05) is 24.7 Å². The zero-order valence-electron chi connectivity index (χ0n) is 13.0. The van der Waals surface area contributed by atoms with Crippen LogP contribution >= 0.6 is 0 Å². The molecule has 4 fully saturated rings. The Morgan fingerprint density at radius 3 is 1.83 bits per heavy atom. The number of carbonyl (C=O) groups is 4. The number of hydrogen-bond donors (Lipinski definition) is 0. The van der Waals surface area contributed by atoms with Gasteiger partial charge in [-0.1, -0.05) is 6.07 Å². The van der Waals surface area contributed by atoms with Gasteiger partial charge < -0.3 is 0 Å². The Labute approximate surface area is 133 Å². The Kier molecular flexibility index (Phi) is 2.86. The summed E-state index contributed by atoms with van der Waals surface area (Å²) in [4.78, 5) is 51.1. The highest BCUT2D eigenvalue weighted by molar-refractivity contribution is 6.25. The van der Waals surface area contributed by atoms with Gasteiger partial charge in [0.2, 0.25) is 11.8 Å². The maximum atomic E-state index is 12.8. The molecule has 1 saturated heterocycles. The number of Topliss-reactive ketones (excluding diaryl/α,β-unsaturated/α-hetero) is 2. The molecule has 1 aromatic carbocycles. The summed E-state index contributed by atoms with van der Waals surface area (Å²) in [5.41, 5.74) is 2.61. The van der Waals surface area contributed by atoms with E-state index in [-0.39, 0.29) is 36.2 Å². The Hall–Kier alpha value is -2.30. The average molecular weight is 311 g/mol. The molecule has 1 aliphatic heterocycles. The Bertz CT molecular complexity index is 741. The van der Waals surface area contributed by atoms with Crippen molar-refractivity contribution >= 4 is 29.1 Å². The molecule has 2 amide bonds. The largest absolute Gasteiger partial charge is 0.299 e. The lowest BCUT2D eigenvalue weighted by atomic mass is 9.58. The second-order valence-electron chi connectivity index (χ2n) is 6.89. The summed E-state index contributed by atoms with van der Waals surface area (Å²) in [6.45, 7) is 3.89. The van der Waals surface area contributed by atoms with E-state index in [1.54, 1.807) is 6.07 Å². The quantitative estimate of drug-likeness (QED) is 0.738. The summed E-state index contributed by atoms with van der Waals surface area (Å²) in [7, 11) is 0. The number of amides is 2. The summed E-state index contributed by atoms with van der Waals surface area (Å²) in [6, 6.07) is 5.44. The number of carbonyl (C=O) groups excluding carboxylic acids is 4. The molecule has 3 aliphatic carbocycles. The minimum atomic E-state index is -0.645. The average Bonchev–Trinajstić information content (AvgIpc) is 2.77. The van der Waals surface area contributed by atoms with Crippen LogP contribution in [0.1, 0.15) is 24.0 Å². The minimum Gasteiger partial charge on any atom is -0.299 e. The molecule has 0 aromatic heterocycles. The fraction of sp³-hybridized carbons (Fsp3) is 0.444. The Balaban J connectivity index is 1.79. The zero-order valence-corrected chi connectivity index (χ0v) is 13.0. The smallest absolute Gasteiger partial charge is 0.238 e. The van der Waals surface area contributed by atoms with Crippen molar-refractivity contribution in [2.24, 2.45) is 23.7 Å². The van der Waals surface area contributed by atoms with Crippen LogP contribution in [-0.4, -0.2) is 23.4 Å². The molecular formula is C18H17NO4. The van der Waals surface area contributed by atoms with Gasteiger partial charge in [0.15, 0.2) is 0 Å². The molecule has 0 N–H and O–H groups in total. The second kappa shape index (κ2) is 4.60. The molecular weight excluding hydrogens is 294 g/mol. The number of aryl methyl sites for hydroxylation is 2. The number of rotatable bonds is 1. The molecule has 1 aromatic rings. The van der Waals surface area contributed by atoms with E-state index in [1.807, 2.05) is 26.0 Å². The van der Waals surface area contributed by atoms with Crippen molar-refractivity contribution in [3.63, 3.8) is 0 Å². The van der Waals surface area contributed by atoms with Gasteiger partial charge in [-0.15, -0.1) is 0 Å². The van der Waals surface area contributed by atoms with Crippen LogP contribution in [-0.2, 0) is 19.2 Å². The first-order valence-electron chi connectivity index (χ1n) is 7.90. The van der Waals surface area contributed by atoms with Gasteiger partial charge in [-0.25, -0.2) is 0 Å². The highest BCUT2D eigenvalue weighted by Crippen LogP contribution is 2.50. The molecule has 23 heavy (non-hydrogen) atoms. The van der Waals surface area contributed by atoms with E-state index in [4.69, 9.17) is 0 Å². The molecule has 5 rings (SSSR count). The molecule has 1 heterocycles. The van der Waals surface area contributed by atoms with Crippen molar-refractivity contribution in [2.45, 2.75) is 26.7 Å². The summed E-state index contributed by atoms with van der Waals surface area (Å²) in [5.74, 6) is -3.23. The van der Waals surface area contributed by atoms with Crippen molar-refractivity contribution in [1.82, 2.24) is 0 Å². The molecule has 2 bridgehead atoms. The Morgan fingerprint density at radius 1 is 0.826 bits per heavy atom. The van der Waals surface area contributed by atoms with Crippen molar-refractivity contribution < 1.29 is 19.2 Å². The normalized spacial score (nSPS) is 32.7. The van der Waals surface area contributed by atoms with E-state index >= 15 is 0 Å². The standard InChI is InChI=1S/C18H17NO4/c1-8-3-4-10(5-9(8)2)19-17(22)15-11-6-13(20)12(7-14(11)21)16(15)18(19)23/h3-5,11-12,15-16H,6-7H2,1-2H3/t11-,12-,15-,16-/m0/s1. The van der Waals surface area contributed by atoms with E-state index in [0.29, 0.717) is 5.69 Å². The maximum absolute atomic E-state index is 12.8. The molecule has 4 aliphatic rings. The van der Waals surface area contributed by atoms with Gasteiger partial charge in [0.1, 0.15) is 11.6 Å². The lowest BCUT2D eigenvalue weighted by molar-refractivity contribution is -0.153. The van der Waals surface area contributed by atoms with Crippen LogP contribution in [0.3, 0.4) is 0 Å². The van der Waals surface area contributed by atoms with Crippen LogP contribution in [0.2, 0.25) is 0 Å². The van der Waals surface area contributed by atoms with Crippen molar-refractivity contribution in [2.75, 3.05) is 4.90 Å². The predicted octanol–water partition coefficient (Wildman–Crippen LogP) is 1.59.